The molecule has 1 rings (SSSR count). The van der Waals surface area contributed by atoms with Gasteiger partial charge in [0, 0.05) is 24.3 Å². The first-order valence-corrected chi connectivity index (χ1v) is 6.90. The van der Waals surface area contributed by atoms with E-state index < -0.39 is 0 Å². The number of hydrogen-bond donors (Lipinski definition) is 3. The number of benzene rings is 1. The lowest BCUT2D eigenvalue weighted by Gasteiger charge is -2.16. The Balaban J connectivity index is 2.34. The summed E-state index contributed by atoms with van der Waals surface area (Å²) in [5.41, 5.74) is 0.885. The summed E-state index contributed by atoms with van der Waals surface area (Å²) in [6.07, 6.45) is 4.16. The lowest BCUT2D eigenvalue weighted by molar-refractivity contribution is 0.282. The molecule has 4 nitrogen and oxygen atoms in total. The van der Waals surface area contributed by atoms with Crippen LogP contribution in [-0.4, -0.2) is 30.5 Å². The van der Waals surface area contributed by atoms with Crippen LogP contribution in [-0.2, 0) is 0 Å². The molecule has 1 aromatic carbocycles. The van der Waals surface area contributed by atoms with E-state index in [-0.39, 0.29) is 18.4 Å². The fraction of sp³-hybridized carbons (Fsp3) is 0.600. The lowest BCUT2D eigenvalue weighted by atomic mass is 10.1. The first-order valence-electron chi connectivity index (χ1n) is 6.90. The standard InChI is InChI=1S/C15H25NO3/c1-12(16-9-5-3-4-6-10-17)14-8-7-13(19-2)11-15(14)18/h7-8,11-12,16-18H,3-6,9-10H2,1-2H3. The number of methoxy groups -OCH3 is 1. The highest BCUT2D eigenvalue weighted by atomic mass is 16.5. The molecule has 0 spiro atoms. The van der Waals surface area contributed by atoms with Crippen LogP contribution < -0.4 is 10.1 Å². The maximum absolute atomic E-state index is 9.92. The summed E-state index contributed by atoms with van der Waals surface area (Å²) in [4.78, 5) is 0. The molecule has 0 saturated heterocycles. The van der Waals surface area contributed by atoms with E-state index in [9.17, 15) is 5.11 Å². The third-order valence-corrected chi connectivity index (χ3v) is 3.24. The molecular weight excluding hydrogens is 242 g/mol. The van der Waals surface area contributed by atoms with Crippen molar-refractivity contribution >= 4 is 0 Å². The molecule has 1 atom stereocenters. The molecule has 3 N–H and O–H groups in total. The minimum Gasteiger partial charge on any atom is -0.507 e. The van der Waals surface area contributed by atoms with Crippen molar-refractivity contribution in [2.24, 2.45) is 0 Å². The van der Waals surface area contributed by atoms with Gasteiger partial charge in [0.2, 0.25) is 0 Å². The van der Waals surface area contributed by atoms with Crippen molar-refractivity contribution in [2.75, 3.05) is 20.3 Å². The Morgan fingerprint density at radius 3 is 2.58 bits per heavy atom. The van der Waals surface area contributed by atoms with Gasteiger partial charge in [-0.25, -0.2) is 0 Å². The van der Waals surface area contributed by atoms with Gasteiger partial charge in [-0.05, 0) is 32.4 Å². The predicted molar refractivity (Wildman–Crippen MR) is 76.6 cm³/mol. The van der Waals surface area contributed by atoms with Crippen molar-refractivity contribution in [3.63, 3.8) is 0 Å². The fourth-order valence-electron chi connectivity index (χ4n) is 2.04. The van der Waals surface area contributed by atoms with Crippen molar-refractivity contribution in [3.05, 3.63) is 23.8 Å². The number of phenols is 1. The highest BCUT2D eigenvalue weighted by Crippen LogP contribution is 2.28. The van der Waals surface area contributed by atoms with E-state index in [2.05, 4.69) is 5.32 Å². The lowest BCUT2D eigenvalue weighted by Crippen LogP contribution is -2.19. The number of phenolic OH excluding ortho intramolecular Hbond substituents is 1. The SMILES string of the molecule is COc1ccc(C(C)NCCCCCCO)c(O)c1. The topological polar surface area (TPSA) is 61.7 Å². The molecule has 0 bridgehead atoms. The van der Waals surface area contributed by atoms with Gasteiger partial charge in [0.25, 0.3) is 0 Å². The van der Waals surface area contributed by atoms with E-state index in [1.165, 1.54) is 0 Å². The van der Waals surface area contributed by atoms with E-state index in [0.29, 0.717) is 5.75 Å². The number of aromatic hydroxyl groups is 1. The zero-order chi connectivity index (χ0) is 14.1. The van der Waals surface area contributed by atoms with Gasteiger partial charge in [0.05, 0.1) is 7.11 Å². The van der Waals surface area contributed by atoms with Gasteiger partial charge in [0.15, 0.2) is 0 Å². The van der Waals surface area contributed by atoms with Crippen molar-refractivity contribution in [3.8, 4) is 11.5 Å². The first kappa shape index (κ1) is 15.8. The van der Waals surface area contributed by atoms with Gasteiger partial charge in [-0.2, -0.15) is 0 Å². The maximum atomic E-state index is 9.92. The number of nitrogens with one attached hydrogen (secondary N) is 1. The molecule has 0 fully saturated rings. The van der Waals surface area contributed by atoms with Crippen LogP contribution in [0, 0.1) is 0 Å². The summed E-state index contributed by atoms with van der Waals surface area (Å²) >= 11 is 0. The Morgan fingerprint density at radius 2 is 1.95 bits per heavy atom. The van der Waals surface area contributed by atoms with Crippen LogP contribution in [0.2, 0.25) is 0 Å². The molecule has 1 aromatic rings. The smallest absolute Gasteiger partial charge is 0.124 e. The minimum atomic E-state index is 0.115. The molecular formula is C15H25NO3. The quantitative estimate of drug-likeness (QED) is 0.602. The van der Waals surface area contributed by atoms with Crippen LogP contribution >= 0.6 is 0 Å². The number of hydrogen-bond acceptors (Lipinski definition) is 4. The van der Waals surface area contributed by atoms with E-state index in [0.717, 1.165) is 37.8 Å². The molecule has 0 saturated carbocycles. The molecule has 0 heterocycles. The summed E-state index contributed by atoms with van der Waals surface area (Å²) in [5, 5.41) is 22.0. The number of ether oxygens (including phenoxy) is 1. The summed E-state index contributed by atoms with van der Waals surface area (Å²) < 4.78 is 5.06. The second-order valence-corrected chi connectivity index (χ2v) is 4.74. The van der Waals surface area contributed by atoms with Gasteiger partial charge in [-0.1, -0.05) is 18.9 Å². The summed E-state index contributed by atoms with van der Waals surface area (Å²) in [5.74, 6) is 0.928. The molecule has 0 aromatic heterocycles. The third-order valence-electron chi connectivity index (χ3n) is 3.24. The molecule has 0 aliphatic heterocycles. The zero-order valence-corrected chi connectivity index (χ0v) is 11.9. The Kier molecular flexibility index (Phi) is 7.30. The van der Waals surface area contributed by atoms with Crippen LogP contribution in [0.5, 0.6) is 11.5 Å². The second kappa shape index (κ2) is 8.77. The molecule has 0 radical (unpaired) electrons. The molecule has 108 valence electrons. The Morgan fingerprint density at radius 1 is 1.21 bits per heavy atom. The van der Waals surface area contributed by atoms with Crippen molar-refractivity contribution in [2.45, 2.75) is 38.6 Å². The molecule has 0 aliphatic carbocycles. The van der Waals surface area contributed by atoms with Gasteiger partial charge < -0.3 is 20.3 Å². The monoisotopic (exact) mass is 267 g/mol. The molecule has 4 heteroatoms. The maximum Gasteiger partial charge on any atom is 0.124 e. The average molecular weight is 267 g/mol. The number of unbranched alkanes of at least 4 members (excludes halogenated alkanes) is 3. The van der Waals surface area contributed by atoms with Crippen LogP contribution in [0.25, 0.3) is 0 Å². The second-order valence-electron chi connectivity index (χ2n) is 4.74. The third kappa shape index (κ3) is 5.49. The molecule has 0 aliphatic rings. The number of aliphatic hydroxyl groups is 1. The van der Waals surface area contributed by atoms with Crippen molar-refractivity contribution in [1.82, 2.24) is 5.32 Å². The molecule has 1 unspecified atom stereocenters. The highest BCUT2D eigenvalue weighted by Gasteiger charge is 2.10. The Bertz CT molecular complexity index is 368. The molecule has 0 amide bonds. The Labute approximate surface area is 115 Å². The largest absolute Gasteiger partial charge is 0.507 e. The normalized spacial score (nSPS) is 12.4. The summed E-state index contributed by atoms with van der Waals surface area (Å²) in [6.45, 7) is 3.23. The van der Waals surface area contributed by atoms with Crippen molar-refractivity contribution < 1.29 is 14.9 Å². The highest BCUT2D eigenvalue weighted by molar-refractivity contribution is 5.41. The summed E-state index contributed by atoms with van der Waals surface area (Å²) in [7, 11) is 1.59. The zero-order valence-electron chi connectivity index (χ0n) is 11.9. The van der Waals surface area contributed by atoms with E-state index in [1.807, 2.05) is 19.1 Å². The first-order chi connectivity index (χ1) is 9.19. The van der Waals surface area contributed by atoms with E-state index in [1.54, 1.807) is 13.2 Å². The van der Waals surface area contributed by atoms with Gasteiger partial charge in [-0.3, -0.25) is 0 Å². The van der Waals surface area contributed by atoms with Gasteiger partial charge in [0.1, 0.15) is 11.5 Å². The number of aliphatic hydroxyl groups excluding tert-OH is 1. The van der Waals surface area contributed by atoms with Gasteiger partial charge >= 0.3 is 0 Å². The predicted octanol–water partition coefficient (Wildman–Crippen LogP) is 2.60. The van der Waals surface area contributed by atoms with Crippen LogP contribution in [0.4, 0.5) is 0 Å². The summed E-state index contributed by atoms with van der Waals surface area (Å²) in [6, 6.07) is 5.49. The number of rotatable bonds is 9. The fourth-order valence-corrected chi connectivity index (χ4v) is 2.04. The van der Waals surface area contributed by atoms with Crippen LogP contribution in [0.1, 0.15) is 44.2 Å². The Hall–Kier alpha value is -1.26. The van der Waals surface area contributed by atoms with E-state index in [4.69, 9.17) is 9.84 Å². The average Bonchev–Trinajstić information content (AvgIpc) is 2.42. The van der Waals surface area contributed by atoms with Gasteiger partial charge in [-0.15, -0.1) is 0 Å². The van der Waals surface area contributed by atoms with E-state index >= 15 is 0 Å². The van der Waals surface area contributed by atoms with Crippen LogP contribution in [0.15, 0.2) is 18.2 Å². The van der Waals surface area contributed by atoms with Crippen LogP contribution in [0.3, 0.4) is 0 Å². The minimum absolute atomic E-state index is 0.115. The molecule has 19 heavy (non-hydrogen) atoms. The van der Waals surface area contributed by atoms with Crippen molar-refractivity contribution in [1.29, 1.82) is 0 Å².